The first-order chi connectivity index (χ1) is 9.73. The van der Waals surface area contributed by atoms with Crippen molar-refractivity contribution in [2.24, 2.45) is 5.92 Å². The molecule has 0 aliphatic carbocycles. The van der Waals surface area contributed by atoms with Crippen molar-refractivity contribution in [1.29, 1.82) is 0 Å². The number of hydrogen-bond donors (Lipinski definition) is 1. The van der Waals surface area contributed by atoms with E-state index in [2.05, 4.69) is 4.72 Å². The van der Waals surface area contributed by atoms with E-state index < -0.39 is 25.7 Å². The number of hydrogen-bond acceptors (Lipinski definition) is 5. The maximum absolute atomic E-state index is 13.2. The van der Waals surface area contributed by atoms with Gasteiger partial charge in [-0.2, -0.15) is 0 Å². The Balaban J connectivity index is 2.14. The van der Waals surface area contributed by atoms with Crippen molar-refractivity contribution in [3.8, 4) is 5.75 Å². The highest BCUT2D eigenvalue weighted by Crippen LogP contribution is 2.25. The zero-order valence-corrected chi connectivity index (χ0v) is 13.0. The predicted octanol–water partition coefficient (Wildman–Crippen LogP) is 0.547. The van der Waals surface area contributed by atoms with E-state index in [-0.39, 0.29) is 34.6 Å². The SMILES string of the molecule is COc1ccc(F)cc1S(=O)(=O)NCC1CCS(=O)(=O)C1. The lowest BCUT2D eigenvalue weighted by Crippen LogP contribution is -2.30. The van der Waals surface area contributed by atoms with Crippen LogP contribution < -0.4 is 9.46 Å². The van der Waals surface area contributed by atoms with Gasteiger partial charge < -0.3 is 4.74 Å². The average molecular weight is 337 g/mol. The van der Waals surface area contributed by atoms with E-state index in [1.165, 1.54) is 13.2 Å². The molecule has 0 spiro atoms. The molecule has 9 heteroatoms. The molecular weight excluding hydrogens is 321 g/mol. The Hall–Kier alpha value is -1.19. The molecule has 1 aliphatic rings. The Bertz CT molecular complexity index is 730. The molecule has 1 heterocycles. The summed E-state index contributed by atoms with van der Waals surface area (Å²) in [5.74, 6) is -0.884. The molecule has 1 fully saturated rings. The number of ether oxygens (including phenoxy) is 1. The highest BCUT2D eigenvalue weighted by molar-refractivity contribution is 7.91. The van der Waals surface area contributed by atoms with Crippen LogP contribution >= 0.6 is 0 Å². The zero-order valence-electron chi connectivity index (χ0n) is 11.4. The molecule has 1 N–H and O–H groups in total. The first-order valence-electron chi connectivity index (χ1n) is 6.27. The van der Waals surface area contributed by atoms with Crippen LogP contribution in [0, 0.1) is 11.7 Å². The second kappa shape index (κ2) is 5.90. The molecule has 1 aromatic carbocycles. The molecule has 6 nitrogen and oxygen atoms in total. The Morgan fingerprint density at radius 1 is 1.43 bits per heavy atom. The van der Waals surface area contributed by atoms with Gasteiger partial charge in [-0.3, -0.25) is 0 Å². The molecule has 118 valence electrons. The molecule has 1 aliphatic heterocycles. The molecule has 0 saturated carbocycles. The van der Waals surface area contributed by atoms with Crippen LogP contribution in [0.15, 0.2) is 23.1 Å². The van der Waals surface area contributed by atoms with Gasteiger partial charge >= 0.3 is 0 Å². The lowest BCUT2D eigenvalue weighted by molar-refractivity contribution is 0.400. The quantitative estimate of drug-likeness (QED) is 0.847. The molecule has 1 atom stereocenters. The highest BCUT2D eigenvalue weighted by Gasteiger charge is 2.29. The molecule has 0 bridgehead atoms. The lowest BCUT2D eigenvalue weighted by Gasteiger charge is -2.13. The van der Waals surface area contributed by atoms with Gasteiger partial charge in [0.2, 0.25) is 10.0 Å². The van der Waals surface area contributed by atoms with Crippen LogP contribution in [0.4, 0.5) is 4.39 Å². The van der Waals surface area contributed by atoms with Crippen molar-refractivity contribution < 1.29 is 26.0 Å². The summed E-state index contributed by atoms with van der Waals surface area (Å²) in [6.07, 6.45) is 0.422. The zero-order chi connectivity index (χ0) is 15.7. The summed E-state index contributed by atoms with van der Waals surface area (Å²) >= 11 is 0. The van der Waals surface area contributed by atoms with Crippen LogP contribution in [-0.4, -0.2) is 42.0 Å². The summed E-state index contributed by atoms with van der Waals surface area (Å²) < 4.78 is 67.5. The number of sulfonamides is 1. The van der Waals surface area contributed by atoms with E-state index in [0.717, 1.165) is 12.1 Å². The lowest BCUT2D eigenvalue weighted by atomic mass is 10.1. The van der Waals surface area contributed by atoms with Crippen molar-refractivity contribution in [3.63, 3.8) is 0 Å². The first kappa shape index (κ1) is 16.2. The molecule has 0 radical (unpaired) electrons. The fraction of sp³-hybridized carbons (Fsp3) is 0.500. The summed E-state index contributed by atoms with van der Waals surface area (Å²) in [5, 5.41) is 0. The number of halogens is 1. The largest absolute Gasteiger partial charge is 0.495 e. The number of benzene rings is 1. The maximum Gasteiger partial charge on any atom is 0.244 e. The fourth-order valence-corrected chi connectivity index (χ4v) is 5.36. The Kier molecular flexibility index (Phi) is 4.54. The first-order valence-corrected chi connectivity index (χ1v) is 9.57. The monoisotopic (exact) mass is 337 g/mol. The molecular formula is C12H16FNO5S2. The second-order valence-electron chi connectivity index (χ2n) is 4.92. The van der Waals surface area contributed by atoms with Gasteiger partial charge in [-0.1, -0.05) is 0 Å². The van der Waals surface area contributed by atoms with Crippen LogP contribution in [0.5, 0.6) is 5.75 Å². The molecule has 1 unspecified atom stereocenters. The van der Waals surface area contributed by atoms with Gasteiger partial charge in [0, 0.05) is 6.54 Å². The normalized spacial score (nSPS) is 21.3. The third-order valence-electron chi connectivity index (χ3n) is 3.30. The Morgan fingerprint density at radius 3 is 2.71 bits per heavy atom. The summed E-state index contributed by atoms with van der Waals surface area (Å²) in [6, 6.07) is 3.19. The smallest absolute Gasteiger partial charge is 0.244 e. The van der Waals surface area contributed by atoms with E-state index in [1.807, 2.05) is 0 Å². The van der Waals surface area contributed by atoms with Gasteiger partial charge in [-0.15, -0.1) is 0 Å². The van der Waals surface area contributed by atoms with E-state index >= 15 is 0 Å². The van der Waals surface area contributed by atoms with Crippen molar-refractivity contribution in [2.45, 2.75) is 11.3 Å². The predicted molar refractivity (Wildman–Crippen MR) is 74.9 cm³/mol. The molecule has 0 amide bonds. The third-order valence-corrected chi connectivity index (χ3v) is 6.59. The van der Waals surface area contributed by atoms with E-state index in [0.29, 0.717) is 6.42 Å². The third kappa shape index (κ3) is 3.92. The highest BCUT2D eigenvalue weighted by atomic mass is 32.2. The Labute approximate surface area is 123 Å². The molecule has 1 saturated heterocycles. The summed E-state index contributed by atoms with van der Waals surface area (Å²) in [6.45, 7) is 0.00122. The standard InChI is InChI=1S/C12H16FNO5S2/c1-19-11-3-2-10(13)6-12(11)21(17,18)14-7-9-4-5-20(15,16)8-9/h2-3,6,9,14H,4-5,7-8H2,1H3. The fourth-order valence-electron chi connectivity index (χ4n) is 2.20. The van der Waals surface area contributed by atoms with Crippen molar-refractivity contribution >= 4 is 19.9 Å². The van der Waals surface area contributed by atoms with Gasteiger partial charge in [-0.25, -0.2) is 25.9 Å². The number of nitrogens with one attached hydrogen (secondary N) is 1. The summed E-state index contributed by atoms with van der Waals surface area (Å²) in [5.41, 5.74) is 0. The molecule has 0 aromatic heterocycles. The second-order valence-corrected chi connectivity index (χ2v) is 8.88. The van der Waals surface area contributed by atoms with E-state index in [1.54, 1.807) is 0 Å². The summed E-state index contributed by atoms with van der Waals surface area (Å²) in [7, 11) is -5.74. The maximum atomic E-state index is 13.2. The minimum absolute atomic E-state index is 0.00122. The average Bonchev–Trinajstić information content (AvgIpc) is 2.76. The van der Waals surface area contributed by atoms with E-state index in [4.69, 9.17) is 4.74 Å². The van der Waals surface area contributed by atoms with Crippen molar-refractivity contribution in [1.82, 2.24) is 4.72 Å². The van der Waals surface area contributed by atoms with Crippen molar-refractivity contribution in [3.05, 3.63) is 24.0 Å². The molecule has 2 rings (SSSR count). The number of rotatable bonds is 5. The molecule has 1 aromatic rings. The van der Waals surface area contributed by atoms with Gasteiger partial charge in [0.05, 0.1) is 18.6 Å². The summed E-state index contributed by atoms with van der Waals surface area (Å²) in [4.78, 5) is -0.300. The molecule has 21 heavy (non-hydrogen) atoms. The van der Waals surface area contributed by atoms with Crippen molar-refractivity contribution in [2.75, 3.05) is 25.2 Å². The van der Waals surface area contributed by atoms with E-state index in [9.17, 15) is 21.2 Å². The van der Waals surface area contributed by atoms with Gasteiger partial charge in [-0.05, 0) is 30.5 Å². The van der Waals surface area contributed by atoms with Crippen LogP contribution in [0.2, 0.25) is 0 Å². The van der Waals surface area contributed by atoms with Crippen LogP contribution in [-0.2, 0) is 19.9 Å². The van der Waals surface area contributed by atoms with Crippen LogP contribution in [0.25, 0.3) is 0 Å². The minimum atomic E-state index is -3.96. The van der Waals surface area contributed by atoms with Gasteiger partial charge in [0.15, 0.2) is 9.84 Å². The number of methoxy groups -OCH3 is 1. The van der Waals surface area contributed by atoms with Gasteiger partial charge in [0.1, 0.15) is 16.5 Å². The topological polar surface area (TPSA) is 89.5 Å². The minimum Gasteiger partial charge on any atom is -0.495 e. The van der Waals surface area contributed by atoms with Crippen LogP contribution in [0.1, 0.15) is 6.42 Å². The Morgan fingerprint density at radius 2 is 2.14 bits per heavy atom. The van der Waals surface area contributed by atoms with Crippen LogP contribution in [0.3, 0.4) is 0 Å². The van der Waals surface area contributed by atoms with Gasteiger partial charge in [0.25, 0.3) is 0 Å². The number of sulfone groups is 1.